The van der Waals surface area contributed by atoms with Crippen molar-refractivity contribution in [1.82, 2.24) is 5.06 Å². The van der Waals surface area contributed by atoms with Gasteiger partial charge in [-0.15, -0.1) is 0 Å². The first-order valence-corrected chi connectivity index (χ1v) is 4.26. The van der Waals surface area contributed by atoms with Crippen molar-refractivity contribution in [3.63, 3.8) is 0 Å². The van der Waals surface area contributed by atoms with Crippen LogP contribution in [0, 0.1) is 5.82 Å². The van der Waals surface area contributed by atoms with Crippen LogP contribution in [0.4, 0.5) is 4.39 Å². The van der Waals surface area contributed by atoms with Gasteiger partial charge in [0.05, 0.1) is 19.8 Å². The molecule has 0 saturated heterocycles. The number of nitrogens with zero attached hydrogens (tertiary/aromatic N) is 1. The lowest BCUT2D eigenvalue weighted by molar-refractivity contribution is -0.0759. The van der Waals surface area contributed by atoms with E-state index >= 15 is 0 Å². The van der Waals surface area contributed by atoms with E-state index in [1.807, 2.05) is 0 Å². The molecule has 0 heterocycles. The topological polar surface area (TPSA) is 38.8 Å². The minimum Gasteiger partial charge on any atom is -0.494 e. The smallest absolute Gasteiger partial charge is 0.280 e. The van der Waals surface area contributed by atoms with Crippen molar-refractivity contribution in [2.45, 2.75) is 0 Å². The predicted octanol–water partition coefficient (Wildman–Crippen LogP) is 1.47. The minimum atomic E-state index is -0.686. The van der Waals surface area contributed by atoms with E-state index in [0.717, 1.165) is 5.06 Å². The van der Waals surface area contributed by atoms with E-state index in [0.29, 0.717) is 0 Å². The van der Waals surface area contributed by atoms with Gasteiger partial charge in [-0.25, -0.2) is 9.45 Å². The summed E-state index contributed by atoms with van der Waals surface area (Å²) in [7, 11) is 4.07. The van der Waals surface area contributed by atoms with Gasteiger partial charge in [-0.3, -0.25) is 9.63 Å². The summed E-state index contributed by atoms with van der Waals surface area (Å²) < 4.78 is 18.4. The van der Waals surface area contributed by atoms with Crippen LogP contribution in [0.15, 0.2) is 18.2 Å². The van der Waals surface area contributed by atoms with E-state index in [1.165, 1.54) is 33.4 Å². The van der Waals surface area contributed by atoms with E-state index in [-0.39, 0.29) is 11.3 Å². The molecule has 0 radical (unpaired) electrons. The number of rotatable bonds is 3. The van der Waals surface area contributed by atoms with Crippen molar-refractivity contribution >= 4 is 5.91 Å². The summed E-state index contributed by atoms with van der Waals surface area (Å²) in [5.74, 6) is -1.21. The molecule has 0 bridgehead atoms. The lowest BCUT2D eigenvalue weighted by atomic mass is 10.2. The SMILES string of the molecule is COc1cccc(C(=O)N(C)OC)c1F. The maximum absolute atomic E-state index is 13.6. The average Bonchev–Trinajstić information content (AvgIpc) is 2.27. The summed E-state index contributed by atoms with van der Waals surface area (Å²) in [6, 6.07) is 4.35. The molecule has 0 fully saturated rings. The molecule has 0 unspecified atom stereocenters. The molecule has 0 saturated carbocycles. The number of methoxy groups -OCH3 is 1. The van der Waals surface area contributed by atoms with Crippen molar-refractivity contribution < 1.29 is 18.8 Å². The van der Waals surface area contributed by atoms with Gasteiger partial charge < -0.3 is 4.74 Å². The van der Waals surface area contributed by atoms with Crippen molar-refractivity contribution in [3.8, 4) is 5.75 Å². The van der Waals surface area contributed by atoms with Crippen molar-refractivity contribution in [2.75, 3.05) is 21.3 Å². The number of amides is 1. The molecular formula is C10H12FNO3. The molecule has 1 rings (SSSR count). The van der Waals surface area contributed by atoms with E-state index in [4.69, 9.17) is 4.74 Å². The van der Waals surface area contributed by atoms with E-state index in [1.54, 1.807) is 6.07 Å². The van der Waals surface area contributed by atoms with Crippen LogP contribution >= 0.6 is 0 Å². The van der Waals surface area contributed by atoms with E-state index < -0.39 is 11.7 Å². The molecular weight excluding hydrogens is 201 g/mol. The second-order valence-electron chi connectivity index (χ2n) is 2.81. The van der Waals surface area contributed by atoms with Crippen LogP contribution in [0.1, 0.15) is 10.4 Å². The van der Waals surface area contributed by atoms with Crippen LogP contribution in [-0.2, 0) is 4.84 Å². The Labute approximate surface area is 87.2 Å². The maximum atomic E-state index is 13.6. The van der Waals surface area contributed by atoms with Crippen LogP contribution in [0.3, 0.4) is 0 Å². The molecule has 0 N–H and O–H groups in total. The van der Waals surface area contributed by atoms with E-state index in [9.17, 15) is 9.18 Å². The highest BCUT2D eigenvalue weighted by molar-refractivity contribution is 5.94. The highest BCUT2D eigenvalue weighted by Crippen LogP contribution is 2.20. The monoisotopic (exact) mass is 213 g/mol. The summed E-state index contributed by atoms with van der Waals surface area (Å²) in [6.45, 7) is 0. The number of ether oxygens (including phenoxy) is 1. The fourth-order valence-electron chi connectivity index (χ4n) is 1.09. The van der Waals surface area contributed by atoms with E-state index in [2.05, 4.69) is 4.84 Å². The molecule has 0 aromatic heterocycles. The van der Waals surface area contributed by atoms with Crippen molar-refractivity contribution in [3.05, 3.63) is 29.6 Å². The van der Waals surface area contributed by atoms with Crippen molar-refractivity contribution in [1.29, 1.82) is 0 Å². The number of carbonyl (C=O) groups excluding carboxylic acids is 1. The van der Waals surface area contributed by atoms with Crippen LogP contribution in [0.5, 0.6) is 5.75 Å². The van der Waals surface area contributed by atoms with Gasteiger partial charge >= 0.3 is 0 Å². The molecule has 0 spiro atoms. The first-order chi connectivity index (χ1) is 7.11. The number of halogens is 1. The zero-order chi connectivity index (χ0) is 11.4. The highest BCUT2D eigenvalue weighted by Gasteiger charge is 2.18. The summed E-state index contributed by atoms with van der Waals surface area (Å²) in [6.07, 6.45) is 0. The first-order valence-electron chi connectivity index (χ1n) is 4.26. The molecule has 0 atom stereocenters. The lowest BCUT2D eigenvalue weighted by Gasteiger charge is -2.14. The Bertz CT molecular complexity index is 368. The summed E-state index contributed by atoms with van der Waals surface area (Å²) >= 11 is 0. The Morgan fingerprint density at radius 1 is 1.40 bits per heavy atom. The first kappa shape index (κ1) is 11.5. The maximum Gasteiger partial charge on any atom is 0.280 e. The molecule has 4 nitrogen and oxygen atoms in total. The molecule has 1 aromatic rings. The number of hydrogen-bond donors (Lipinski definition) is 0. The van der Waals surface area contributed by atoms with Gasteiger partial charge in [0.1, 0.15) is 0 Å². The van der Waals surface area contributed by atoms with Crippen molar-refractivity contribution in [2.24, 2.45) is 0 Å². The normalized spacial score (nSPS) is 9.87. The molecule has 82 valence electrons. The quantitative estimate of drug-likeness (QED) is 0.713. The van der Waals surface area contributed by atoms with Gasteiger partial charge in [0.15, 0.2) is 11.6 Å². The van der Waals surface area contributed by atoms with Gasteiger partial charge in [0.2, 0.25) is 0 Å². The second kappa shape index (κ2) is 4.75. The summed E-state index contributed by atoms with van der Waals surface area (Å²) in [5.41, 5.74) is -0.0845. The molecule has 0 aliphatic rings. The number of hydroxylamine groups is 2. The van der Waals surface area contributed by atoms with Crippen LogP contribution in [0.2, 0.25) is 0 Å². The lowest BCUT2D eigenvalue weighted by Crippen LogP contribution is -2.26. The molecule has 15 heavy (non-hydrogen) atoms. The fraction of sp³-hybridized carbons (Fsp3) is 0.300. The minimum absolute atomic E-state index is 0.0327. The van der Waals surface area contributed by atoms with Gasteiger partial charge in [-0.05, 0) is 12.1 Å². The third-order valence-corrected chi connectivity index (χ3v) is 1.97. The number of carbonyl (C=O) groups is 1. The summed E-state index contributed by atoms with van der Waals surface area (Å²) in [4.78, 5) is 16.2. The Kier molecular flexibility index (Phi) is 3.62. The van der Waals surface area contributed by atoms with Crippen LogP contribution in [0.25, 0.3) is 0 Å². The largest absolute Gasteiger partial charge is 0.494 e. The van der Waals surface area contributed by atoms with Gasteiger partial charge in [0.25, 0.3) is 5.91 Å². The van der Waals surface area contributed by atoms with Gasteiger partial charge in [-0.1, -0.05) is 6.07 Å². The Morgan fingerprint density at radius 2 is 2.07 bits per heavy atom. The third kappa shape index (κ3) is 2.24. The predicted molar refractivity (Wildman–Crippen MR) is 52.1 cm³/mol. The molecule has 1 amide bonds. The molecule has 5 heteroatoms. The third-order valence-electron chi connectivity index (χ3n) is 1.97. The van der Waals surface area contributed by atoms with Crippen LogP contribution in [-0.4, -0.2) is 32.2 Å². The second-order valence-corrected chi connectivity index (χ2v) is 2.81. The fourth-order valence-corrected chi connectivity index (χ4v) is 1.09. The number of benzene rings is 1. The van der Waals surface area contributed by atoms with Crippen LogP contribution < -0.4 is 4.74 Å². The van der Waals surface area contributed by atoms with Gasteiger partial charge in [0, 0.05) is 7.05 Å². The Hall–Kier alpha value is -1.62. The Morgan fingerprint density at radius 3 is 2.60 bits per heavy atom. The zero-order valence-corrected chi connectivity index (χ0v) is 8.78. The zero-order valence-electron chi connectivity index (χ0n) is 8.78. The molecule has 0 aliphatic carbocycles. The number of hydrogen-bond acceptors (Lipinski definition) is 3. The highest BCUT2D eigenvalue weighted by atomic mass is 19.1. The average molecular weight is 213 g/mol. The molecule has 1 aromatic carbocycles. The standard InChI is InChI=1S/C10H12FNO3/c1-12(15-3)10(13)7-5-4-6-8(14-2)9(7)11/h4-6H,1-3H3. The summed E-state index contributed by atoms with van der Waals surface area (Å²) in [5, 5.41) is 0.942. The molecule has 0 aliphatic heterocycles. The van der Waals surface area contributed by atoms with Gasteiger partial charge in [-0.2, -0.15) is 0 Å². The Balaban J connectivity index is 3.09.